The SMILES string of the molecule is O=C(O)CC1(O)CCc2ccc(F)cc21. The van der Waals surface area contributed by atoms with Gasteiger partial charge in [0.05, 0.1) is 6.42 Å². The molecule has 2 N–H and O–H groups in total. The lowest BCUT2D eigenvalue weighted by molar-refractivity contribution is -0.142. The van der Waals surface area contributed by atoms with E-state index < -0.39 is 17.4 Å². The Morgan fingerprint density at radius 3 is 2.93 bits per heavy atom. The van der Waals surface area contributed by atoms with Gasteiger partial charge < -0.3 is 10.2 Å². The molecular weight excluding hydrogens is 199 g/mol. The molecule has 0 heterocycles. The number of aliphatic hydroxyl groups is 1. The fraction of sp³-hybridized carbons (Fsp3) is 0.364. The van der Waals surface area contributed by atoms with Crippen molar-refractivity contribution in [1.82, 2.24) is 0 Å². The van der Waals surface area contributed by atoms with Crippen LogP contribution < -0.4 is 0 Å². The molecule has 0 spiro atoms. The van der Waals surface area contributed by atoms with Crippen molar-refractivity contribution in [2.45, 2.75) is 24.9 Å². The molecule has 1 atom stereocenters. The maximum atomic E-state index is 13.0. The minimum Gasteiger partial charge on any atom is -0.481 e. The summed E-state index contributed by atoms with van der Waals surface area (Å²) in [7, 11) is 0. The van der Waals surface area contributed by atoms with Crippen molar-refractivity contribution in [1.29, 1.82) is 0 Å². The van der Waals surface area contributed by atoms with E-state index in [1.165, 1.54) is 12.1 Å². The van der Waals surface area contributed by atoms with Crippen LogP contribution in [-0.2, 0) is 16.8 Å². The third kappa shape index (κ3) is 1.72. The lowest BCUT2D eigenvalue weighted by Crippen LogP contribution is -2.26. The molecule has 0 bridgehead atoms. The van der Waals surface area contributed by atoms with Gasteiger partial charge in [-0.2, -0.15) is 0 Å². The third-order valence-corrected chi connectivity index (χ3v) is 2.82. The Balaban J connectivity index is 2.41. The molecule has 4 heteroatoms. The van der Waals surface area contributed by atoms with E-state index in [4.69, 9.17) is 5.11 Å². The van der Waals surface area contributed by atoms with Crippen LogP contribution in [0.5, 0.6) is 0 Å². The first-order chi connectivity index (χ1) is 7.01. The molecule has 1 aromatic rings. The standard InChI is InChI=1S/C11H11FO3/c12-8-2-1-7-3-4-11(15,6-10(13)14)9(7)5-8/h1-2,5,15H,3-4,6H2,(H,13,14). The van der Waals surface area contributed by atoms with E-state index in [1.54, 1.807) is 6.07 Å². The van der Waals surface area contributed by atoms with Crippen molar-refractivity contribution in [3.63, 3.8) is 0 Å². The molecule has 0 saturated carbocycles. The molecule has 3 nitrogen and oxygen atoms in total. The highest BCUT2D eigenvalue weighted by atomic mass is 19.1. The summed E-state index contributed by atoms with van der Waals surface area (Å²) in [6.07, 6.45) is 0.570. The van der Waals surface area contributed by atoms with Crippen LogP contribution >= 0.6 is 0 Å². The Morgan fingerprint density at radius 2 is 2.27 bits per heavy atom. The summed E-state index contributed by atoms with van der Waals surface area (Å²) in [6.45, 7) is 0. The zero-order valence-electron chi connectivity index (χ0n) is 8.03. The van der Waals surface area contributed by atoms with Gasteiger partial charge in [0.1, 0.15) is 11.4 Å². The highest BCUT2D eigenvalue weighted by molar-refractivity contribution is 5.69. The summed E-state index contributed by atoms with van der Waals surface area (Å²) in [6, 6.07) is 4.15. The van der Waals surface area contributed by atoms with Crippen LogP contribution in [0.2, 0.25) is 0 Å². The quantitative estimate of drug-likeness (QED) is 0.776. The number of benzene rings is 1. The summed E-state index contributed by atoms with van der Waals surface area (Å²) < 4.78 is 13.0. The van der Waals surface area contributed by atoms with Crippen molar-refractivity contribution in [2.24, 2.45) is 0 Å². The van der Waals surface area contributed by atoms with Crippen molar-refractivity contribution in [3.05, 3.63) is 35.1 Å². The largest absolute Gasteiger partial charge is 0.481 e. The number of carboxylic acids is 1. The fourth-order valence-corrected chi connectivity index (χ4v) is 2.11. The molecule has 15 heavy (non-hydrogen) atoms. The molecule has 0 aliphatic heterocycles. The topological polar surface area (TPSA) is 57.5 Å². The molecule has 1 aliphatic rings. The Morgan fingerprint density at radius 1 is 1.53 bits per heavy atom. The average molecular weight is 210 g/mol. The second kappa shape index (κ2) is 3.31. The lowest BCUT2D eigenvalue weighted by atomic mass is 9.92. The van der Waals surface area contributed by atoms with Crippen LogP contribution in [-0.4, -0.2) is 16.2 Å². The normalized spacial score (nSPS) is 23.9. The third-order valence-electron chi connectivity index (χ3n) is 2.82. The summed E-state index contributed by atoms with van der Waals surface area (Å²) in [5.41, 5.74) is -0.145. The first-order valence-electron chi connectivity index (χ1n) is 4.74. The lowest BCUT2D eigenvalue weighted by Gasteiger charge is -2.21. The van der Waals surface area contributed by atoms with E-state index in [0.29, 0.717) is 18.4 Å². The van der Waals surface area contributed by atoms with Gasteiger partial charge in [-0.25, -0.2) is 4.39 Å². The number of aryl methyl sites for hydroxylation is 1. The number of hydrogen-bond donors (Lipinski definition) is 2. The van der Waals surface area contributed by atoms with Crippen molar-refractivity contribution < 1.29 is 19.4 Å². The predicted molar refractivity (Wildman–Crippen MR) is 50.9 cm³/mol. The smallest absolute Gasteiger partial charge is 0.306 e. The zero-order chi connectivity index (χ0) is 11.1. The fourth-order valence-electron chi connectivity index (χ4n) is 2.11. The maximum Gasteiger partial charge on any atom is 0.306 e. The van der Waals surface area contributed by atoms with Crippen LogP contribution in [0.1, 0.15) is 24.0 Å². The zero-order valence-corrected chi connectivity index (χ0v) is 8.03. The number of carbonyl (C=O) groups is 1. The van der Waals surface area contributed by atoms with Gasteiger partial charge in [0, 0.05) is 0 Å². The van der Waals surface area contributed by atoms with Gasteiger partial charge in [-0.3, -0.25) is 4.79 Å². The van der Waals surface area contributed by atoms with E-state index in [9.17, 15) is 14.3 Å². The van der Waals surface area contributed by atoms with Gasteiger partial charge in [0.25, 0.3) is 0 Å². The molecule has 1 aliphatic carbocycles. The van der Waals surface area contributed by atoms with Gasteiger partial charge in [0.15, 0.2) is 0 Å². The first kappa shape index (κ1) is 10.1. The van der Waals surface area contributed by atoms with Crippen molar-refractivity contribution >= 4 is 5.97 Å². The van der Waals surface area contributed by atoms with Crippen molar-refractivity contribution in [2.75, 3.05) is 0 Å². The van der Waals surface area contributed by atoms with Gasteiger partial charge in [-0.1, -0.05) is 6.07 Å². The monoisotopic (exact) mass is 210 g/mol. The van der Waals surface area contributed by atoms with E-state index >= 15 is 0 Å². The van der Waals surface area contributed by atoms with Gasteiger partial charge >= 0.3 is 5.97 Å². The summed E-state index contributed by atoms with van der Waals surface area (Å²) in [5.74, 6) is -1.52. The number of aliphatic carboxylic acids is 1. The number of halogens is 1. The molecule has 80 valence electrons. The molecule has 0 amide bonds. The van der Waals surface area contributed by atoms with Gasteiger partial charge in [0.2, 0.25) is 0 Å². The predicted octanol–water partition coefficient (Wildman–Crippen LogP) is 1.43. The second-order valence-electron chi connectivity index (χ2n) is 3.90. The number of rotatable bonds is 2. The van der Waals surface area contributed by atoms with Crippen LogP contribution in [0.3, 0.4) is 0 Å². The Bertz CT molecular complexity index is 416. The maximum absolute atomic E-state index is 13.0. The molecule has 0 fully saturated rings. The molecule has 0 radical (unpaired) electrons. The molecule has 0 aromatic heterocycles. The molecule has 0 saturated heterocycles. The second-order valence-corrected chi connectivity index (χ2v) is 3.90. The van der Waals surface area contributed by atoms with Gasteiger partial charge in [-0.15, -0.1) is 0 Å². The van der Waals surface area contributed by atoms with Gasteiger partial charge in [-0.05, 0) is 36.1 Å². The summed E-state index contributed by atoms with van der Waals surface area (Å²) in [4.78, 5) is 10.6. The van der Waals surface area contributed by atoms with E-state index in [1.807, 2.05) is 0 Å². The summed E-state index contributed by atoms with van der Waals surface area (Å²) >= 11 is 0. The number of fused-ring (bicyclic) bond motifs is 1. The number of hydrogen-bond acceptors (Lipinski definition) is 2. The average Bonchev–Trinajstić information content (AvgIpc) is 2.43. The highest BCUT2D eigenvalue weighted by Gasteiger charge is 2.38. The molecule has 1 unspecified atom stereocenters. The van der Waals surface area contributed by atoms with Crippen LogP contribution in [0, 0.1) is 5.82 Å². The van der Waals surface area contributed by atoms with Crippen molar-refractivity contribution in [3.8, 4) is 0 Å². The molecular formula is C11H11FO3. The Kier molecular flexibility index (Phi) is 2.23. The Hall–Kier alpha value is -1.42. The molecule has 2 rings (SSSR count). The first-order valence-corrected chi connectivity index (χ1v) is 4.74. The van der Waals surface area contributed by atoms with E-state index in [0.717, 1.165) is 5.56 Å². The van der Waals surface area contributed by atoms with E-state index in [2.05, 4.69) is 0 Å². The van der Waals surface area contributed by atoms with E-state index in [-0.39, 0.29) is 6.42 Å². The highest BCUT2D eigenvalue weighted by Crippen LogP contribution is 2.39. The van der Waals surface area contributed by atoms with Crippen LogP contribution in [0.15, 0.2) is 18.2 Å². The molecule has 1 aromatic carbocycles. The Labute approximate surface area is 86.2 Å². The minimum absolute atomic E-state index is 0.345. The minimum atomic E-state index is -1.40. The van der Waals surface area contributed by atoms with Crippen LogP contribution in [0.25, 0.3) is 0 Å². The number of carboxylic acid groups (broad SMARTS) is 1. The summed E-state index contributed by atoms with van der Waals surface area (Å²) in [5, 5.41) is 18.8. The van der Waals surface area contributed by atoms with Crippen LogP contribution in [0.4, 0.5) is 4.39 Å².